The van der Waals surface area contributed by atoms with E-state index in [-0.39, 0.29) is 11.3 Å². The Morgan fingerprint density at radius 1 is 1.32 bits per heavy atom. The van der Waals surface area contributed by atoms with Crippen molar-refractivity contribution in [3.63, 3.8) is 0 Å². The van der Waals surface area contributed by atoms with Crippen LogP contribution in [0.2, 0.25) is 0 Å². The summed E-state index contributed by atoms with van der Waals surface area (Å²) in [5.74, 6) is 0.776. The molecular formula is C15H19N3O. The molecule has 2 rings (SSSR count). The van der Waals surface area contributed by atoms with Crippen LogP contribution in [0.3, 0.4) is 0 Å². The van der Waals surface area contributed by atoms with Crippen LogP contribution in [-0.2, 0) is 4.79 Å². The fourth-order valence-corrected chi connectivity index (χ4v) is 1.89. The molecule has 2 N–H and O–H groups in total. The van der Waals surface area contributed by atoms with E-state index in [4.69, 9.17) is 0 Å². The number of imidazole rings is 1. The zero-order valence-electron chi connectivity index (χ0n) is 11.5. The molecule has 2 aromatic rings. The number of anilines is 1. The molecule has 19 heavy (non-hydrogen) atoms. The van der Waals surface area contributed by atoms with E-state index in [2.05, 4.69) is 15.3 Å². The average Bonchev–Trinajstić information content (AvgIpc) is 2.80. The first-order valence-corrected chi connectivity index (χ1v) is 6.34. The van der Waals surface area contributed by atoms with Gasteiger partial charge in [-0.25, -0.2) is 4.98 Å². The highest BCUT2D eigenvalue weighted by atomic mass is 16.1. The lowest BCUT2D eigenvalue weighted by atomic mass is 9.92. The maximum Gasteiger partial charge on any atom is 0.224 e. The fourth-order valence-electron chi connectivity index (χ4n) is 1.89. The number of hydrogen-bond acceptors (Lipinski definition) is 2. The first kappa shape index (κ1) is 13.3. The molecule has 0 fully saturated rings. The van der Waals surface area contributed by atoms with E-state index >= 15 is 0 Å². The van der Waals surface area contributed by atoms with Crippen LogP contribution < -0.4 is 5.32 Å². The van der Waals surface area contributed by atoms with Crippen molar-refractivity contribution in [1.82, 2.24) is 9.97 Å². The predicted octanol–water partition coefficient (Wildman–Crippen LogP) is 3.45. The summed E-state index contributed by atoms with van der Waals surface area (Å²) in [7, 11) is 0. The van der Waals surface area contributed by atoms with Crippen LogP contribution in [0.5, 0.6) is 0 Å². The SMILES string of the molecule is CC(C)(C)CC(=O)Nc1ccccc1-c1ncc[nH]1. The van der Waals surface area contributed by atoms with Crippen molar-refractivity contribution in [2.75, 3.05) is 5.32 Å². The Bertz CT molecular complexity index is 553. The number of H-pyrrole nitrogens is 1. The summed E-state index contributed by atoms with van der Waals surface area (Å²) in [6, 6.07) is 7.65. The quantitative estimate of drug-likeness (QED) is 0.884. The number of aromatic nitrogens is 2. The second-order valence-electron chi connectivity index (χ2n) is 5.77. The molecule has 0 spiro atoms. The van der Waals surface area contributed by atoms with E-state index in [1.54, 1.807) is 12.4 Å². The first-order chi connectivity index (χ1) is 8.96. The highest BCUT2D eigenvalue weighted by molar-refractivity contribution is 5.94. The molecule has 0 atom stereocenters. The molecule has 0 aliphatic rings. The van der Waals surface area contributed by atoms with Gasteiger partial charge in [0.15, 0.2) is 0 Å². The molecule has 4 heteroatoms. The Morgan fingerprint density at radius 3 is 2.68 bits per heavy atom. The van der Waals surface area contributed by atoms with Crippen molar-refractivity contribution in [2.24, 2.45) is 5.41 Å². The number of benzene rings is 1. The zero-order chi connectivity index (χ0) is 13.9. The molecule has 1 aromatic heterocycles. The van der Waals surface area contributed by atoms with Gasteiger partial charge in [-0.05, 0) is 17.5 Å². The average molecular weight is 257 g/mol. The molecule has 0 unspecified atom stereocenters. The highest BCUT2D eigenvalue weighted by Crippen LogP contribution is 2.26. The molecule has 0 aliphatic heterocycles. The van der Waals surface area contributed by atoms with E-state index in [1.165, 1.54) is 0 Å². The van der Waals surface area contributed by atoms with Crippen molar-refractivity contribution in [3.8, 4) is 11.4 Å². The van der Waals surface area contributed by atoms with Gasteiger partial charge in [0.1, 0.15) is 5.82 Å². The molecule has 0 radical (unpaired) electrons. The van der Waals surface area contributed by atoms with Crippen LogP contribution in [0, 0.1) is 5.41 Å². The summed E-state index contributed by atoms with van der Waals surface area (Å²) in [5, 5.41) is 2.96. The Morgan fingerprint density at radius 2 is 2.05 bits per heavy atom. The van der Waals surface area contributed by atoms with E-state index in [0.29, 0.717) is 6.42 Å². The smallest absolute Gasteiger partial charge is 0.224 e. The third kappa shape index (κ3) is 3.68. The summed E-state index contributed by atoms with van der Waals surface area (Å²) in [5.41, 5.74) is 1.66. The third-order valence-corrected chi connectivity index (χ3v) is 2.65. The molecule has 0 saturated carbocycles. The van der Waals surface area contributed by atoms with Gasteiger partial charge in [-0.3, -0.25) is 4.79 Å². The van der Waals surface area contributed by atoms with Crippen molar-refractivity contribution in [2.45, 2.75) is 27.2 Å². The molecule has 1 amide bonds. The van der Waals surface area contributed by atoms with E-state index in [9.17, 15) is 4.79 Å². The monoisotopic (exact) mass is 257 g/mol. The van der Waals surface area contributed by atoms with E-state index < -0.39 is 0 Å². The largest absolute Gasteiger partial charge is 0.345 e. The van der Waals surface area contributed by atoms with Crippen LogP contribution in [0.25, 0.3) is 11.4 Å². The molecule has 0 bridgehead atoms. The van der Waals surface area contributed by atoms with Gasteiger partial charge in [-0.1, -0.05) is 32.9 Å². The Labute approximate surface area is 113 Å². The van der Waals surface area contributed by atoms with Crippen molar-refractivity contribution in [3.05, 3.63) is 36.7 Å². The number of nitrogens with one attached hydrogen (secondary N) is 2. The summed E-state index contributed by atoms with van der Waals surface area (Å²) in [6.45, 7) is 6.14. The summed E-state index contributed by atoms with van der Waals surface area (Å²) >= 11 is 0. The third-order valence-electron chi connectivity index (χ3n) is 2.65. The number of carbonyl (C=O) groups is 1. The predicted molar refractivity (Wildman–Crippen MR) is 76.7 cm³/mol. The van der Waals surface area contributed by atoms with Crippen molar-refractivity contribution >= 4 is 11.6 Å². The molecule has 1 aromatic carbocycles. The maximum atomic E-state index is 12.0. The van der Waals surface area contributed by atoms with Gasteiger partial charge >= 0.3 is 0 Å². The van der Waals surface area contributed by atoms with Crippen molar-refractivity contribution in [1.29, 1.82) is 0 Å². The molecule has 100 valence electrons. The maximum absolute atomic E-state index is 12.0. The second-order valence-corrected chi connectivity index (χ2v) is 5.77. The highest BCUT2D eigenvalue weighted by Gasteiger charge is 2.17. The number of nitrogens with zero attached hydrogens (tertiary/aromatic N) is 1. The van der Waals surface area contributed by atoms with Gasteiger partial charge < -0.3 is 10.3 Å². The van der Waals surface area contributed by atoms with Crippen molar-refractivity contribution < 1.29 is 4.79 Å². The number of para-hydroxylation sites is 1. The van der Waals surface area contributed by atoms with Crippen LogP contribution in [0.4, 0.5) is 5.69 Å². The van der Waals surface area contributed by atoms with Gasteiger partial charge in [0, 0.05) is 24.4 Å². The lowest BCUT2D eigenvalue weighted by molar-refractivity contribution is -0.117. The van der Waals surface area contributed by atoms with Gasteiger partial charge in [0.05, 0.1) is 5.69 Å². The van der Waals surface area contributed by atoms with Crippen LogP contribution >= 0.6 is 0 Å². The summed E-state index contributed by atoms with van der Waals surface area (Å²) < 4.78 is 0. The first-order valence-electron chi connectivity index (χ1n) is 6.34. The number of amides is 1. The Balaban J connectivity index is 2.20. The molecular weight excluding hydrogens is 238 g/mol. The minimum atomic E-state index is -0.0241. The number of aromatic amines is 1. The number of rotatable bonds is 3. The normalized spacial score (nSPS) is 11.3. The minimum absolute atomic E-state index is 0.0199. The van der Waals surface area contributed by atoms with Gasteiger partial charge in [0.2, 0.25) is 5.91 Å². The number of hydrogen-bond donors (Lipinski definition) is 2. The molecule has 0 saturated heterocycles. The standard InChI is InChI=1S/C15H19N3O/c1-15(2,3)10-13(19)18-12-7-5-4-6-11(12)14-16-8-9-17-14/h4-9H,10H2,1-3H3,(H,16,17)(H,18,19). The lowest BCUT2D eigenvalue weighted by Gasteiger charge is -2.18. The molecule has 4 nitrogen and oxygen atoms in total. The summed E-state index contributed by atoms with van der Waals surface area (Å²) in [4.78, 5) is 19.3. The van der Waals surface area contributed by atoms with Gasteiger partial charge in [-0.15, -0.1) is 0 Å². The number of carbonyl (C=O) groups excluding carboxylic acids is 1. The van der Waals surface area contributed by atoms with Gasteiger partial charge in [-0.2, -0.15) is 0 Å². The summed E-state index contributed by atoms with van der Waals surface area (Å²) in [6.07, 6.45) is 3.95. The topological polar surface area (TPSA) is 57.8 Å². The Kier molecular flexibility index (Phi) is 3.69. The minimum Gasteiger partial charge on any atom is -0.345 e. The molecule has 1 heterocycles. The van der Waals surface area contributed by atoms with Gasteiger partial charge in [0.25, 0.3) is 0 Å². The van der Waals surface area contributed by atoms with Crippen LogP contribution in [0.15, 0.2) is 36.7 Å². The second kappa shape index (κ2) is 5.26. The van der Waals surface area contributed by atoms with E-state index in [0.717, 1.165) is 17.1 Å². The zero-order valence-corrected chi connectivity index (χ0v) is 11.5. The Hall–Kier alpha value is -2.10. The van der Waals surface area contributed by atoms with Crippen LogP contribution in [0.1, 0.15) is 27.2 Å². The van der Waals surface area contributed by atoms with Crippen LogP contribution in [-0.4, -0.2) is 15.9 Å². The molecule has 0 aliphatic carbocycles. The van der Waals surface area contributed by atoms with E-state index in [1.807, 2.05) is 45.0 Å². The fraction of sp³-hybridized carbons (Fsp3) is 0.333. The lowest BCUT2D eigenvalue weighted by Crippen LogP contribution is -2.20.